The molecule has 148 valence electrons. The summed E-state index contributed by atoms with van der Waals surface area (Å²) in [5.74, 6) is -0.0702. The summed E-state index contributed by atoms with van der Waals surface area (Å²) >= 11 is 0. The lowest BCUT2D eigenvalue weighted by Crippen LogP contribution is -2.47. The van der Waals surface area contributed by atoms with Gasteiger partial charge < -0.3 is 15.5 Å². The van der Waals surface area contributed by atoms with Gasteiger partial charge in [-0.2, -0.15) is 0 Å². The normalized spacial score (nSPS) is 23.9. The second kappa shape index (κ2) is 9.31. The molecule has 1 aromatic rings. The summed E-state index contributed by atoms with van der Waals surface area (Å²) in [6.45, 7) is 4.80. The predicted octanol–water partition coefficient (Wildman–Crippen LogP) is 2.11. The topological polar surface area (TPSA) is 61.4 Å². The summed E-state index contributed by atoms with van der Waals surface area (Å²) in [5, 5.41) is 6.25. The van der Waals surface area contributed by atoms with E-state index in [2.05, 4.69) is 10.6 Å². The molecule has 2 N–H and O–H groups in total. The highest BCUT2D eigenvalue weighted by atomic mass is 19.1. The van der Waals surface area contributed by atoms with Crippen molar-refractivity contribution >= 4 is 11.8 Å². The van der Waals surface area contributed by atoms with Gasteiger partial charge in [-0.05, 0) is 56.2 Å². The van der Waals surface area contributed by atoms with Crippen LogP contribution in [0.2, 0.25) is 0 Å². The number of halogens is 1. The van der Waals surface area contributed by atoms with E-state index in [1.54, 1.807) is 18.2 Å². The molecular weight excluding hydrogens is 345 g/mol. The summed E-state index contributed by atoms with van der Waals surface area (Å²) in [5.41, 5.74) is 0.586. The van der Waals surface area contributed by atoms with Gasteiger partial charge in [0.25, 0.3) is 0 Å². The third-order valence-corrected chi connectivity index (χ3v) is 5.68. The highest BCUT2D eigenvalue weighted by Crippen LogP contribution is 2.20. The van der Waals surface area contributed by atoms with Gasteiger partial charge in [0.2, 0.25) is 11.8 Å². The monoisotopic (exact) mass is 375 g/mol. The number of hydrogen-bond acceptors (Lipinski definition) is 3. The first kappa shape index (κ1) is 19.8. The van der Waals surface area contributed by atoms with E-state index in [9.17, 15) is 14.0 Å². The van der Waals surface area contributed by atoms with E-state index in [-0.39, 0.29) is 35.5 Å². The first-order valence-electron chi connectivity index (χ1n) is 10.1. The molecule has 2 saturated heterocycles. The predicted molar refractivity (Wildman–Crippen MR) is 103 cm³/mol. The Morgan fingerprint density at radius 1 is 1.30 bits per heavy atom. The minimum absolute atomic E-state index is 0.0629. The van der Waals surface area contributed by atoms with E-state index < -0.39 is 0 Å². The lowest BCUT2D eigenvalue weighted by molar-refractivity contribution is -0.136. The Morgan fingerprint density at radius 3 is 2.85 bits per heavy atom. The zero-order chi connectivity index (χ0) is 19.2. The molecule has 0 aromatic heterocycles. The molecule has 2 heterocycles. The summed E-state index contributed by atoms with van der Waals surface area (Å²) in [6, 6.07) is 6.58. The molecule has 0 spiro atoms. The zero-order valence-corrected chi connectivity index (χ0v) is 16.0. The van der Waals surface area contributed by atoms with Crippen molar-refractivity contribution in [3.63, 3.8) is 0 Å². The molecule has 3 unspecified atom stereocenters. The fourth-order valence-corrected chi connectivity index (χ4v) is 4.10. The van der Waals surface area contributed by atoms with Gasteiger partial charge in [-0.3, -0.25) is 9.59 Å². The van der Waals surface area contributed by atoms with Crippen molar-refractivity contribution < 1.29 is 14.0 Å². The van der Waals surface area contributed by atoms with Crippen LogP contribution >= 0.6 is 0 Å². The second-order valence-electron chi connectivity index (χ2n) is 7.88. The Morgan fingerprint density at radius 2 is 2.11 bits per heavy atom. The SMILES string of the molecule is CC(Cc1ccccc1F)C(=O)N1CCCC(CNC(=O)C2CCCN2)C1. The van der Waals surface area contributed by atoms with Crippen molar-refractivity contribution in [1.29, 1.82) is 0 Å². The largest absolute Gasteiger partial charge is 0.354 e. The number of hydrogen-bond donors (Lipinski definition) is 2. The van der Waals surface area contributed by atoms with Crippen LogP contribution in [0.5, 0.6) is 0 Å². The minimum atomic E-state index is -0.253. The van der Waals surface area contributed by atoms with Crippen molar-refractivity contribution in [2.75, 3.05) is 26.2 Å². The Bertz CT molecular complexity index is 661. The van der Waals surface area contributed by atoms with Crippen LogP contribution in [0.15, 0.2) is 24.3 Å². The molecule has 0 bridgehead atoms. The average molecular weight is 375 g/mol. The van der Waals surface area contributed by atoms with Crippen molar-refractivity contribution in [2.24, 2.45) is 11.8 Å². The van der Waals surface area contributed by atoms with E-state index in [4.69, 9.17) is 0 Å². The number of nitrogens with one attached hydrogen (secondary N) is 2. The molecule has 2 aliphatic heterocycles. The second-order valence-corrected chi connectivity index (χ2v) is 7.88. The van der Waals surface area contributed by atoms with E-state index in [1.807, 2.05) is 11.8 Å². The Kier molecular flexibility index (Phi) is 6.83. The number of carbonyl (C=O) groups excluding carboxylic acids is 2. The molecule has 0 saturated carbocycles. The van der Waals surface area contributed by atoms with Gasteiger partial charge in [0, 0.05) is 25.6 Å². The third kappa shape index (κ3) is 5.28. The highest BCUT2D eigenvalue weighted by Gasteiger charge is 2.28. The van der Waals surface area contributed by atoms with Gasteiger partial charge in [-0.15, -0.1) is 0 Å². The van der Waals surface area contributed by atoms with Crippen LogP contribution in [0.4, 0.5) is 4.39 Å². The lowest BCUT2D eigenvalue weighted by atomic mass is 9.94. The molecule has 0 aliphatic carbocycles. The Hall–Kier alpha value is -1.95. The van der Waals surface area contributed by atoms with E-state index >= 15 is 0 Å². The molecule has 0 radical (unpaired) electrons. The molecule has 3 rings (SSSR count). The van der Waals surface area contributed by atoms with Crippen LogP contribution in [0, 0.1) is 17.7 Å². The molecule has 3 atom stereocenters. The lowest BCUT2D eigenvalue weighted by Gasteiger charge is -2.34. The maximum Gasteiger partial charge on any atom is 0.237 e. The number of nitrogens with zero attached hydrogens (tertiary/aromatic N) is 1. The van der Waals surface area contributed by atoms with Gasteiger partial charge in [0.05, 0.1) is 6.04 Å². The van der Waals surface area contributed by atoms with E-state index in [0.29, 0.717) is 25.1 Å². The maximum atomic E-state index is 13.9. The van der Waals surface area contributed by atoms with E-state index in [0.717, 1.165) is 38.8 Å². The third-order valence-electron chi connectivity index (χ3n) is 5.68. The van der Waals surface area contributed by atoms with Crippen LogP contribution in [0.25, 0.3) is 0 Å². The summed E-state index contributed by atoms with van der Waals surface area (Å²) in [7, 11) is 0. The minimum Gasteiger partial charge on any atom is -0.354 e. The first-order chi connectivity index (χ1) is 13.0. The number of likely N-dealkylation sites (tertiary alicyclic amines) is 1. The number of benzene rings is 1. The highest BCUT2D eigenvalue weighted by molar-refractivity contribution is 5.82. The van der Waals surface area contributed by atoms with Crippen LogP contribution < -0.4 is 10.6 Å². The molecule has 2 fully saturated rings. The van der Waals surface area contributed by atoms with Crippen molar-refractivity contribution in [2.45, 2.75) is 45.1 Å². The van der Waals surface area contributed by atoms with Gasteiger partial charge in [-0.25, -0.2) is 4.39 Å². The molecule has 5 nitrogen and oxygen atoms in total. The summed E-state index contributed by atoms with van der Waals surface area (Å²) in [4.78, 5) is 26.9. The standard InChI is InChI=1S/C21H30FN3O2/c1-15(12-17-7-2-3-8-18(17)22)21(27)25-11-5-6-16(14-25)13-24-20(26)19-9-4-10-23-19/h2-3,7-8,15-16,19,23H,4-6,9-14H2,1H3,(H,24,26). The zero-order valence-electron chi connectivity index (χ0n) is 16.0. The van der Waals surface area contributed by atoms with Gasteiger partial charge >= 0.3 is 0 Å². The number of amides is 2. The quantitative estimate of drug-likeness (QED) is 0.801. The number of piperidine rings is 1. The van der Waals surface area contributed by atoms with Gasteiger partial charge in [0.15, 0.2) is 0 Å². The average Bonchev–Trinajstić information content (AvgIpc) is 3.22. The molecule has 6 heteroatoms. The summed E-state index contributed by atoms with van der Waals surface area (Å²) < 4.78 is 13.9. The summed E-state index contributed by atoms with van der Waals surface area (Å²) in [6.07, 6.45) is 4.32. The van der Waals surface area contributed by atoms with Crippen LogP contribution in [0.1, 0.15) is 38.2 Å². The first-order valence-corrected chi connectivity index (χ1v) is 10.1. The van der Waals surface area contributed by atoms with E-state index in [1.165, 1.54) is 6.07 Å². The fraction of sp³-hybridized carbons (Fsp3) is 0.619. The molecule has 1 aromatic carbocycles. The van der Waals surface area contributed by atoms with Crippen molar-refractivity contribution in [1.82, 2.24) is 15.5 Å². The smallest absolute Gasteiger partial charge is 0.237 e. The number of rotatable bonds is 6. The Balaban J connectivity index is 1.48. The van der Waals surface area contributed by atoms with Gasteiger partial charge in [-0.1, -0.05) is 25.1 Å². The van der Waals surface area contributed by atoms with Crippen molar-refractivity contribution in [3.05, 3.63) is 35.6 Å². The van der Waals surface area contributed by atoms with Crippen LogP contribution in [0.3, 0.4) is 0 Å². The molecule has 2 amide bonds. The van der Waals surface area contributed by atoms with Crippen molar-refractivity contribution in [3.8, 4) is 0 Å². The fourth-order valence-electron chi connectivity index (χ4n) is 4.10. The molecule has 27 heavy (non-hydrogen) atoms. The molecule has 2 aliphatic rings. The Labute approximate surface area is 160 Å². The number of carbonyl (C=O) groups is 2. The molecular formula is C21H30FN3O2. The van der Waals surface area contributed by atoms with Crippen LogP contribution in [-0.2, 0) is 16.0 Å². The van der Waals surface area contributed by atoms with Crippen LogP contribution in [-0.4, -0.2) is 48.9 Å². The van der Waals surface area contributed by atoms with Gasteiger partial charge in [0.1, 0.15) is 5.82 Å². The maximum absolute atomic E-state index is 13.9.